The second-order valence-corrected chi connectivity index (χ2v) is 9.41. The number of rotatable bonds is 4. The zero-order valence-corrected chi connectivity index (χ0v) is 16.8. The van der Waals surface area contributed by atoms with Crippen LogP contribution in [0.25, 0.3) is 10.8 Å². The van der Waals surface area contributed by atoms with Gasteiger partial charge >= 0.3 is 0 Å². The summed E-state index contributed by atoms with van der Waals surface area (Å²) in [5.41, 5.74) is 1.03. The summed E-state index contributed by atoms with van der Waals surface area (Å²) >= 11 is 7.44. The highest BCUT2D eigenvalue weighted by Gasteiger charge is 2.31. The monoisotopic (exact) mass is 416 g/mol. The van der Waals surface area contributed by atoms with E-state index in [0.29, 0.717) is 33.9 Å². The van der Waals surface area contributed by atoms with E-state index < -0.39 is 10.0 Å². The molecule has 3 aromatic rings. The number of aliphatic imine (C=N–C) groups is 1. The van der Waals surface area contributed by atoms with Gasteiger partial charge in [-0.05, 0) is 40.6 Å². The molecule has 0 aliphatic carbocycles. The second kappa shape index (κ2) is 7.54. The highest BCUT2D eigenvalue weighted by molar-refractivity contribution is 8.14. The summed E-state index contributed by atoms with van der Waals surface area (Å²) in [5, 5.41) is 3.12. The van der Waals surface area contributed by atoms with Crippen LogP contribution in [0.1, 0.15) is 5.56 Å². The van der Waals surface area contributed by atoms with Crippen LogP contribution in [-0.4, -0.2) is 31.0 Å². The average molecular weight is 417 g/mol. The van der Waals surface area contributed by atoms with Gasteiger partial charge in [0.2, 0.25) is 0 Å². The maximum atomic E-state index is 13.2. The van der Waals surface area contributed by atoms with Crippen molar-refractivity contribution >= 4 is 49.3 Å². The van der Waals surface area contributed by atoms with E-state index in [1.54, 1.807) is 12.1 Å². The summed E-state index contributed by atoms with van der Waals surface area (Å²) < 4.78 is 27.7. The number of benzene rings is 3. The van der Waals surface area contributed by atoms with Gasteiger partial charge in [-0.15, -0.1) is 0 Å². The van der Waals surface area contributed by atoms with Crippen LogP contribution in [0.3, 0.4) is 0 Å². The largest absolute Gasteiger partial charge is 0.265 e. The number of sulfonamides is 1. The van der Waals surface area contributed by atoms with Crippen molar-refractivity contribution in [3.63, 3.8) is 0 Å². The molecule has 1 aliphatic rings. The predicted octanol–water partition coefficient (Wildman–Crippen LogP) is 4.79. The quantitative estimate of drug-likeness (QED) is 0.614. The molecule has 1 aliphatic heterocycles. The van der Waals surface area contributed by atoms with Crippen LogP contribution < -0.4 is 0 Å². The van der Waals surface area contributed by atoms with Crippen molar-refractivity contribution < 1.29 is 8.42 Å². The number of nitrogens with zero attached hydrogens (tertiary/aromatic N) is 2. The van der Waals surface area contributed by atoms with E-state index in [-0.39, 0.29) is 0 Å². The summed E-state index contributed by atoms with van der Waals surface area (Å²) in [6.07, 6.45) is 0. The van der Waals surface area contributed by atoms with E-state index in [0.717, 1.165) is 16.3 Å². The Labute approximate surface area is 167 Å². The van der Waals surface area contributed by atoms with Crippen LogP contribution in [0.4, 0.5) is 0 Å². The Bertz CT molecular complexity index is 1130. The van der Waals surface area contributed by atoms with E-state index in [1.165, 1.54) is 16.1 Å². The zero-order valence-electron chi connectivity index (χ0n) is 14.4. The first-order chi connectivity index (χ1) is 13.0. The number of halogens is 1. The molecular formula is C20H17ClN2O2S2. The maximum absolute atomic E-state index is 13.2. The molecule has 0 N–H and O–H groups in total. The fraction of sp³-hybridized carbons (Fsp3) is 0.150. The third kappa shape index (κ3) is 3.83. The molecular weight excluding hydrogens is 400 g/mol. The van der Waals surface area contributed by atoms with E-state index in [9.17, 15) is 8.42 Å². The van der Waals surface area contributed by atoms with Gasteiger partial charge in [-0.1, -0.05) is 65.8 Å². The Kier molecular flexibility index (Phi) is 5.12. The van der Waals surface area contributed by atoms with Crippen molar-refractivity contribution in [1.29, 1.82) is 0 Å². The second-order valence-electron chi connectivity index (χ2n) is 6.17. The van der Waals surface area contributed by atoms with Crippen LogP contribution in [0.15, 0.2) is 76.6 Å². The van der Waals surface area contributed by atoms with Gasteiger partial charge in [0.05, 0.1) is 18.0 Å². The number of hydrogen-bond donors (Lipinski definition) is 0. The molecule has 0 bridgehead atoms. The Morgan fingerprint density at radius 1 is 1.00 bits per heavy atom. The summed E-state index contributed by atoms with van der Waals surface area (Å²) in [6.45, 7) is 0.845. The molecule has 3 aromatic carbocycles. The van der Waals surface area contributed by atoms with Crippen molar-refractivity contribution in [1.82, 2.24) is 4.31 Å². The number of fused-ring (bicyclic) bond motifs is 1. The fourth-order valence-electron chi connectivity index (χ4n) is 2.98. The molecule has 0 fully saturated rings. The van der Waals surface area contributed by atoms with Gasteiger partial charge in [0.25, 0.3) is 10.0 Å². The third-order valence-corrected chi connectivity index (χ3v) is 7.55. The van der Waals surface area contributed by atoms with Crippen LogP contribution >= 0.6 is 23.4 Å². The van der Waals surface area contributed by atoms with Crippen LogP contribution in [0.2, 0.25) is 5.02 Å². The number of hydrogen-bond acceptors (Lipinski definition) is 4. The molecule has 0 spiro atoms. The molecule has 0 unspecified atom stereocenters. The minimum Gasteiger partial charge on any atom is -0.260 e. The van der Waals surface area contributed by atoms with Crippen molar-refractivity contribution in [3.05, 3.63) is 77.3 Å². The van der Waals surface area contributed by atoms with Crippen LogP contribution in [0.5, 0.6) is 0 Å². The highest BCUT2D eigenvalue weighted by Crippen LogP contribution is 2.28. The SMILES string of the molecule is O=S(=O)(c1ccc2ccccc2c1)N1CCN=C1SCc1cccc(Cl)c1. The lowest BCUT2D eigenvalue weighted by molar-refractivity contribution is 0.540. The normalized spacial score (nSPS) is 14.6. The van der Waals surface area contributed by atoms with Crippen molar-refractivity contribution in [2.45, 2.75) is 10.6 Å². The molecule has 138 valence electrons. The minimum absolute atomic E-state index is 0.291. The Balaban J connectivity index is 1.57. The minimum atomic E-state index is -3.64. The molecule has 4 nitrogen and oxygen atoms in total. The molecule has 0 saturated heterocycles. The van der Waals surface area contributed by atoms with Gasteiger partial charge in [-0.3, -0.25) is 4.99 Å². The van der Waals surface area contributed by atoms with Crippen LogP contribution in [-0.2, 0) is 15.8 Å². The zero-order chi connectivity index (χ0) is 18.9. The van der Waals surface area contributed by atoms with Gasteiger partial charge in [0.15, 0.2) is 5.17 Å². The van der Waals surface area contributed by atoms with Gasteiger partial charge in [-0.25, -0.2) is 12.7 Å². The van der Waals surface area contributed by atoms with E-state index in [1.807, 2.05) is 54.6 Å². The lowest BCUT2D eigenvalue weighted by atomic mass is 10.1. The summed E-state index contributed by atoms with van der Waals surface area (Å²) in [4.78, 5) is 4.69. The van der Waals surface area contributed by atoms with Crippen molar-refractivity contribution in [2.24, 2.45) is 4.99 Å². The molecule has 0 aromatic heterocycles. The van der Waals surface area contributed by atoms with Crippen LogP contribution in [0, 0.1) is 0 Å². The summed E-state index contributed by atoms with van der Waals surface area (Å²) in [6, 6.07) is 20.5. The van der Waals surface area contributed by atoms with Gasteiger partial charge in [0, 0.05) is 10.8 Å². The van der Waals surface area contributed by atoms with Crippen molar-refractivity contribution in [3.8, 4) is 0 Å². The molecule has 4 rings (SSSR count). The van der Waals surface area contributed by atoms with Crippen molar-refractivity contribution in [2.75, 3.05) is 13.1 Å². The molecule has 0 atom stereocenters. The molecule has 0 saturated carbocycles. The number of thioether (sulfide) groups is 1. The first-order valence-electron chi connectivity index (χ1n) is 8.47. The van der Waals surface area contributed by atoms with Gasteiger partial charge in [-0.2, -0.15) is 0 Å². The Morgan fingerprint density at radius 3 is 2.63 bits per heavy atom. The fourth-order valence-corrected chi connectivity index (χ4v) is 5.90. The Hall–Kier alpha value is -2.02. The lowest BCUT2D eigenvalue weighted by Gasteiger charge is -2.20. The van der Waals surface area contributed by atoms with E-state index >= 15 is 0 Å². The first-order valence-corrected chi connectivity index (χ1v) is 11.3. The Morgan fingerprint density at radius 2 is 1.81 bits per heavy atom. The molecule has 1 heterocycles. The van der Waals surface area contributed by atoms with Gasteiger partial charge in [0.1, 0.15) is 0 Å². The predicted molar refractivity (Wildman–Crippen MR) is 113 cm³/mol. The smallest absolute Gasteiger partial charge is 0.260 e. The van der Waals surface area contributed by atoms with Gasteiger partial charge < -0.3 is 0 Å². The first kappa shape index (κ1) is 18.3. The standard InChI is InChI=1S/C20H17ClN2O2S2/c21-18-7-3-4-15(12-18)14-26-20-22-10-11-23(20)27(24,25)19-9-8-16-5-1-2-6-17(16)13-19/h1-9,12-13H,10-11,14H2. The maximum Gasteiger partial charge on any atom is 0.265 e. The molecule has 0 amide bonds. The lowest BCUT2D eigenvalue weighted by Crippen LogP contribution is -2.32. The molecule has 7 heteroatoms. The van der Waals surface area contributed by atoms with E-state index in [4.69, 9.17) is 11.6 Å². The third-order valence-electron chi connectivity index (χ3n) is 4.33. The average Bonchev–Trinajstić information content (AvgIpc) is 3.15. The highest BCUT2D eigenvalue weighted by atomic mass is 35.5. The molecule has 27 heavy (non-hydrogen) atoms. The molecule has 0 radical (unpaired) electrons. The topological polar surface area (TPSA) is 49.7 Å². The summed E-state index contributed by atoms with van der Waals surface area (Å²) in [5.74, 6) is 0.614. The number of amidine groups is 1. The summed E-state index contributed by atoms with van der Waals surface area (Å²) in [7, 11) is -3.64. The van der Waals surface area contributed by atoms with E-state index in [2.05, 4.69) is 4.99 Å².